The number of nitrogens with zero attached hydrogens (tertiary/aromatic N) is 13. The zero-order chi connectivity index (χ0) is 54.2. The van der Waals surface area contributed by atoms with E-state index in [0.717, 1.165) is 113 Å². The Kier molecular flexibility index (Phi) is 16.6. The lowest BCUT2D eigenvalue weighted by Crippen LogP contribution is -2.56. The SMILES string of the molecule is [C-]#[N+]CC1CCCN(c2nc(OC[C@@H]3CCCN3C)nc3c2CCN(c2cccc4ccccc24)C3)C1.[C-]#[N+]CC1CN(c2nc(OC[C@@H]3CCCN3C)nc3c2CCN(c2cccc4ccccc24)C3)CCN1C(=O)C#CC. The molecule has 4 saturated heterocycles. The molecule has 16 heteroatoms. The summed E-state index contributed by atoms with van der Waals surface area (Å²) in [5.74, 6) is 7.46. The molecule has 0 aliphatic carbocycles. The number of likely N-dealkylation sites (N-methyl/N-ethyl adjacent to an activating group) is 2. The lowest BCUT2D eigenvalue weighted by atomic mass is 9.96. The van der Waals surface area contributed by atoms with Crippen molar-refractivity contribution in [2.24, 2.45) is 5.92 Å². The topological polar surface area (TPSA) is 118 Å². The van der Waals surface area contributed by atoms with Crippen molar-refractivity contribution in [3.05, 3.63) is 130 Å². The number of rotatable bonds is 12. The fourth-order valence-electron chi connectivity index (χ4n) is 12.8. The van der Waals surface area contributed by atoms with E-state index < -0.39 is 0 Å². The van der Waals surface area contributed by atoms with E-state index in [1.54, 1.807) is 11.8 Å². The molecule has 79 heavy (non-hydrogen) atoms. The zero-order valence-electron chi connectivity index (χ0n) is 46.2. The van der Waals surface area contributed by atoms with Gasteiger partial charge in [0.15, 0.2) is 0 Å². The van der Waals surface area contributed by atoms with Crippen molar-refractivity contribution in [2.45, 2.75) is 89.5 Å². The zero-order valence-corrected chi connectivity index (χ0v) is 46.2. The Hall–Kier alpha value is -7.71. The maximum absolute atomic E-state index is 12.7. The number of ether oxygens (including phenoxy) is 2. The van der Waals surface area contributed by atoms with Gasteiger partial charge in [0.05, 0.1) is 24.5 Å². The van der Waals surface area contributed by atoms with Crippen LogP contribution in [0.3, 0.4) is 0 Å². The highest BCUT2D eigenvalue weighted by atomic mass is 16.5. The Bertz CT molecular complexity index is 3300. The van der Waals surface area contributed by atoms with Gasteiger partial charge in [-0.1, -0.05) is 78.7 Å². The molecule has 6 aliphatic heterocycles. The van der Waals surface area contributed by atoms with Gasteiger partial charge in [-0.05, 0) is 114 Å². The second-order valence-corrected chi connectivity index (χ2v) is 22.1. The van der Waals surface area contributed by atoms with Gasteiger partial charge in [0.25, 0.3) is 5.91 Å². The van der Waals surface area contributed by atoms with Gasteiger partial charge in [0.1, 0.15) is 30.9 Å². The molecule has 6 aromatic rings. The summed E-state index contributed by atoms with van der Waals surface area (Å²) in [5.41, 5.74) is 6.90. The van der Waals surface area contributed by atoms with Crippen LogP contribution in [0, 0.1) is 30.9 Å². The number of piperazine rings is 1. The molecule has 0 spiro atoms. The number of amides is 1. The normalized spacial score (nSPS) is 21.3. The maximum atomic E-state index is 12.7. The molecule has 408 valence electrons. The van der Waals surface area contributed by atoms with Gasteiger partial charge in [0.2, 0.25) is 13.1 Å². The first-order chi connectivity index (χ1) is 38.7. The van der Waals surface area contributed by atoms with Crippen LogP contribution >= 0.6 is 0 Å². The molecular weight excluding hydrogens is 987 g/mol. The highest BCUT2D eigenvalue weighted by Crippen LogP contribution is 2.38. The number of fused-ring (bicyclic) bond motifs is 4. The van der Waals surface area contributed by atoms with Crippen molar-refractivity contribution in [3.8, 4) is 23.9 Å². The van der Waals surface area contributed by atoms with E-state index >= 15 is 0 Å². The van der Waals surface area contributed by atoms with Gasteiger partial charge in [-0.3, -0.25) is 4.79 Å². The average Bonchev–Trinajstić information content (AvgIpc) is 4.23. The number of carbonyl (C=O) groups is 1. The molecule has 0 radical (unpaired) electrons. The van der Waals surface area contributed by atoms with Crippen molar-refractivity contribution in [2.75, 3.05) is 119 Å². The molecule has 0 saturated carbocycles. The van der Waals surface area contributed by atoms with Crippen LogP contribution in [0.15, 0.2) is 84.9 Å². The number of anilines is 4. The summed E-state index contributed by atoms with van der Waals surface area (Å²) in [5, 5.41) is 5.00. The monoisotopic (exact) mass is 1060 g/mol. The van der Waals surface area contributed by atoms with E-state index in [1.165, 1.54) is 51.3 Å². The van der Waals surface area contributed by atoms with Gasteiger partial charge < -0.3 is 53.5 Å². The van der Waals surface area contributed by atoms with Gasteiger partial charge >= 0.3 is 12.0 Å². The van der Waals surface area contributed by atoms with Crippen LogP contribution in [0.5, 0.6) is 12.0 Å². The molecule has 4 aromatic carbocycles. The van der Waals surface area contributed by atoms with E-state index in [9.17, 15) is 4.79 Å². The van der Waals surface area contributed by atoms with E-state index in [4.69, 9.17) is 42.6 Å². The Morgan fingerprint density at radius 3 is 1.62 bits per heavy atom. The molecule has 1 amide bonds. The molecule has 16 nitrogen and oxygen atoms in total. The highest BCUT2D eigenvalue weighted by Gasteiger charge is 2.36. The fourth-order valence-corrected chi connectivity index (χ4v) is 12.8. The molecule has 4 fully saturated rings. The van der Waals surface area contributed by atoms with Gasteiger partial charge in [-0.2, -0.15) is 19.9 Å². The van der Waals surface area contributed by atoms with Gasteiger partial charge in [-0.15, -0.1) is 0 Å². The van der Waals surface area contributed by atoms with Crippen LogP contribution < -0.4 is 29.1 Å². The summed E-state index contributed by atoms with van der Waals surface area (Å²) in [6.45, 7) is 27.5. The van der Waals surface area contributed by atoms with E-state index in [-0.39, 0.29) is 18.5 Å². The molecule has 8 heterocycles. The molecule has 0 bridgehead atoms. The van der Waals surface area contributed by atoms with Gasteiger partial charge in [0, 0.05) is 97.1 Å². The van der Waals surface area contributed by atoms with Crippen LogP contribution in [0.2, 0.25) is 0 Å². The third kappa shape index (κ3) is 11.9. The highest BCUT2D eigenvalue weighted by molar-refractivity contribution is 5.96. The summed E-state index contributed by atoms with van der Waals surface area (Å²) in [6.07, 6.45) is 8.59. The van der Waals surface area contributed by atoms with E-state index in [2.05, 4.69) is 150 Å². The summed E-state index contributed by atoms with van der Waals surface area (Å²) in [7, 11) is 4.32. The molecule has 2 aromatic heterocycles. The largest absolute Gasteiger partial charge is 0.462 e. The predicted molar refractivity (Wildman–Crippen MR) is 313 cm³/mol. The second kappa shape index (κ2) is 24.5. The van der Waals surface area contributed by atoms with Crippen molar-refractivity contribution in [1.82, 2.24) is 34.6 Å². The smallest absolute Gasteiger partial charge is 0.318 e. The molecule has 0 N–H and O–H groups in total. The molecular formula is C63H73N13O3. The number of hydrogen-bond donors (Lipinski definition) is 0. The lowest BCUT2D eigenvalue weighted by molar-refractivity contribution is -0.127. The van der Waals surface area contributed by atoms with Crippen LogP contribution in [0.1, 0.15) is 68.0 Å². The fraction of sp³-hybridized carbons (Fsp3) is 0.476. The van der Waals surface area contributed by atoms with Crippen molar-refractivity contribution < 1.29 is 14.3 Å². The maximum Gasteiger partial charge on any atom is 0.318 e. The minimum atomic E-state index is -0.248. The molecule has 6 aliphatic rings. The standard InChI is InChI=1S/C33H37N7O2.C30H36N6O/c1-4-9-31(41)40-19-18-39(21-26(40)20-34-2)32-28-15-17-38(30-14-7-11-24-10-5-6-13-27(24)30)22-29(28)35-33(36-32)42-23-25-12-8-16-37(25)3;1-31-18-22-8-6-16-36(19-22)29-26-14-17-35(28-13-5-10-23-9-3-4-12-25(23)28)20-27(26)32-30(33-29)37-21-24-11-7-15-34(24)2/h5-7,10-11,13-14,25-26H,8,12,15-23H2,1,3H3;3-5,9-10,12-13,22,24H,6-8,11,14-21H2,2H3/t25-,26?;22?,24-/m00/s1. The predicted octanol–water partition coefficient (Wildman–Crippen LogP) is 8.43. The second-order valence-electron chi connectivity index (χ2n) is 22.1. The summed E-state index contributed by atoms with van der Waals surface area (Å²) >= 11 is 0. The average molecular weight is 1060 g/mol. The Morgan fingerprint density at radius 2 is 1.10 bits per heavy atom. The first-order valence-electron chi connectivity index (χ1n) is 28.6. The van der Waals surface area contributed by atoms with E-state index in [0.29, 0.717) is 76.0 Å². The molecule has 4 atom stereocenters. The van der Waals surface area contributed by atoms with Crippen LogP contribution in [-0.2, 0) is 30.7 Å². The third-order valence-corrected chi connectivity index (χ3v) is 17.2. The van der Waals surface area contributed by atoms with Crippen LogP contribution in [-0.4, -0.2) is 158 Å². The molecule has 2 unspecified atom stereocenters. The van der Waals surface area contributed by atoms with E-state index in [1.807, 2.05) is 0 Å². The number of likely N-dealkylation sites (tertiary alicyclic amines) is 2. The molecule has 12 rings (SSSR count). The number of carbonyl (C=O) groups excluding carboxylic acids is 1. The van der Waals surface area contributed by atoms with Crippen LogP contribution in [0.4, 0.5) is 23.0 Å². The summed E-state index contributed by atoms with van der Waals surface area (Å²) in [4.78, 5) is 56.0. The Labute approximate surface area is 466 Å². The minimum Gasteiger partial charge on any atom is -0.462 e. The minimum absolute atomic E-state index is 0.217. The van der Waals surface area contributed by atoms with Crippen molar-refractivity contribution >= 4 is 50.5 Å². The first kappa shape index (κ1) is 53.3. The quantitative estimate of drug-likeness (QED) is 0.0863. The summed E-state index contributed by atoms with van der Waals surface area (Å²) in [6, 6.07) is 31.6. The van der Waals surface area contributed by atoms with Crippen LogP contribution in [0.25, 0.3) is 31.2 Å². The Balaban J connectivity index is 0.000000168. The van der Waals surface area contributed by atoms with Gasteiger partial charge in [-0.25, -0.2) is 13.1 Å². The number of hydrogen-bond acceptors (Lipinski definition) is 13. The number of benzene rings is 4. The number of aromatic nitrogens is 4. The third-order valence-electron chi connectivity index (χ3n) is 17.2. The first-order valence-corrected chi connectivity index (χ1v) is 28.6. The lowest BCUT2D eigenvalue weighted by Gasteiger charge is -2.40. The number of piperidine rings is 1. The van der Waals surface area contributed by atoms with Crippen molar-refractivity contribution in [1.29, 1.82) is 0 Å². The van der Waals surface area contributed by atoms with Crippen molar-refractivity contribution in [3.63, 3.8) is 0 Å². The summed E-state index contributed by atoms with van der Waals surface area (Å²) < 4.78 is 12.6. The Morgan fingerprint density at radius 1 is 0.582 bits per heavy atom.